The van der Waals surface area contributed by atoms with Crippen LogP contribution in [0.2, 0.25) is 0 Å². The van der Waals surface area contributed by atoms with Crippen molar-refractivity contribution >= 4 is 34.3 Å². The largest absolute Gasteiger partial charge is 0.462 e. The van der Waals surface area contributed by atoms with E-state index in [2.05, 4.69) is 107 Å². The van der Waals surface area contributed by atoms with Gasteiger partial charge in [0.1, 0.15) is 17.9 Å². The molecule has 68 heavy (non-hydrogen) atoms. The lowest BCUT2D eigenvalue weighted by Crippen LogP contribution is -2.63. The third-order valence-corrected chi connectivity index (χ3v) is 14.2. The van der Waals surface area contributed by atoms with Crippen molar-refractivity contribution in [2.24, 2.45) is 23.7 Å². The number of aromatic nitrogens is 3. The zero-order valence-corrected chi connectivity index (χ0v) is 43.3. The highest BCUT2D eigenvalue weighted by atomic mass is 127. The fourth-order valence-electron chi connectivity index (χ4n) is 9.25. The van der Waals surface area contributed by atoms with Gasteiger partial charge in [-0.3, -0.25) is 19.2 Å². The molecule has 2 unspecified atom stereocenters. The summed E-state index contributed by atoms with van der Waals surface area (Å²) in [5.41, 5.74) is 4.92. The number of ether oxygens (including phenoxy) is 3. The zero-order chi connectivity index (χ0) is 49.2. The molecule has 2 aromatic carbocycles. The molecule has 0 radical (unpaired) electrons. The number of esters is 1. The molecule has 0 amide bonds. The van der Waals surface area contributed by atoms with Gasteiger partial charge in [0.2, 0.25) is 0 Å². The van der Waals surface area contributed by atoms with Crippen LogP contribution in [0.25, 0.3) is 11.3 Å². The number of aliphatic hydroxyl groups is 4. The number of likely N-dealkylation sites (N-methyl/N-ethyl adjacent to an activating group) is 1. The fraction of sp³-hybridized carbons (Fsp3) is 0.623. The topological polar surface area (TPSA) is 180 Å². The quantitative estimate of drug-likeness (QED) is 0.0942. The van der Waals surface area contributed by atoms with Crippen LogP contribution in [0.3, 0.4) is 0 Å². The molecule has 2 aliphatic heterocycles. The standard InChI is InChI=1S/C52H76IN5O9.CH4/c1-11-45-39(31-59)26-32(2)12-21-43(60)33(3)27-38(50(34(4)44(61)28-46(62)66-45)67-51-49(64)47(56(9)10)48(63)35(5)65-51)22-23-57(29-36-13-19-41(53)20-14-36)24-25-58-30-42(54-55-58)37-15-17-40(18-16-37)52(6,7)8;/h12-21,26,30,33-35,38-39,44-45,47-51,59,61,63-64H,11,22-25,27-29,31H2,1-10H3;1H4/b21-12+,32-26+;/t33-,34+,35-,38+,39-,44-,45-,47?,48-,49?,50-,51+;/m1./s1. The monoisotopic (exact) mass is 1060 g/mol. The van der Waals surface area contributed by atoms with Crippen LogP contribution in [-0.4, -0.2) is 140 Å². The average molecular weight is 1060 g/mol. The first kappa shape index (κ1) is 57.2. The number of benzene rings is 2. The summed E-state index contributed by atoms with van der Waals surface area (Å²) in [6.07, 6.45) is 1.10. The van der Waals surface area contributed by atoms with Crippen molar-refractivity contribution in [2.75, 3.05) is 33.8 Å². The second-order valence-electron chi connectivity index (χ2n) is 20.1. The molecule has 1 aromatic heterocycles. The number of hydrogen-bond donors (Lipinski definition) is 4. The Morgan fingerprint density at radius 1 is 0.956 bits per heavy atom. The molecular weight excluding hydrogens is 978 g/mol. The molecule has 1 fully saturated rings. The van der Waals surface area contributed by atoms with E-state index in [1.165, 1.54) is 5.56 Å². The number of cyclic esters (lactones) is 1. The molecular formula is C53H80IN5O9. The van der Waals surface area contributed by atoms with Gasteiger partial charge in [-0.2, -0.15) is 0 Å². The maximum absolute atomic E-state index is 14.0. The average Bonchev–Trinajstić information content (AvgIpc) is 3.76. The van der Waals surface area contributed by atoms with Crippen molar-refractivity contribution in [3.8, 4) is 11.3 Å². The van der Waals surface area contributed by atoms with Gasteiger partial charge in [-0.15, -0.1) is 5.10 Å². The summed E-state index contributed by atoms with van der Waals surface area (Å²) in [5, 5.41) is 54.1. The van der Waals surface area contributed by atoms with E-state index in [1.54, 1.807) is 38.1 Å². The van der Waals surface area contributed by atoms with E-state index in [0.717, 1.165) is 26.0 Å². The molecule has 3 aromatic rings. The van der Waals surface area contributed by atoms with Crippen LogP contribution in [0.5, 0.6) is 0 Å². The number of halogens is 1. The van der Waals surface area contributed by atoms with E-state index >= 15 is 0 Å². The van der Waals surface area contributed by atoms with Crippen molar-refractivity contribution in [2.45, 2.75) is 156 Å². The van der Waals surface area contributed by atoms with Gasteiger partial charge >= 0.3 is 5.97 Å². The number of hydrogen-bond acceptors (Lipinski definition) is 13. The molecule has 15 heteroatoms. The normalized spacial score (nSPS) is 30.4. The Kier molecular flexibility index (Phi) is 22.0. The predicted molar refractivity (Wildman–Crippen MR) is 274 cm³/mol. The maximum atomic E-state index is 14.0. The number of nitrogens with zero attached hydrogens (tertiary/aromatic N) is 5. The first-order valence-electron chi connectivity index (χ1n) is 23.9. The zero-order valence-electron chi connectivity index (χ0n) is 41.2. The van der Waals surface area contributed by atoms with Crippen LogP contribution in [0.4, 0.5) is 0 Å². The number of ketones is 1. The Hall–Kier alpha value is -3.39. The van der Waals surface area contributed by atoms with Crippen LogP contribution in [-0.2, 0) is 42.3 Å². The van der Waals surface area contributed by atoms with Crippen LogP contribution in [0.1, 0.15) is 99.6 Å². The smallest absolute Gasteiger partial charge is 0.308 e. The lowest BCUT2D eigenvalue weighted by Gasteiger charge is -2.46. The van der Waals surface area contributed by atoms with Crippen LogP contribution in [0, 0.1) is 27.2 Å². The maximum Gasteiger partial charge on any atom is 0.308 e. The molecule has 2 aliphatic rings. The fourth-order valence-corrected chi connectivity index (χ4v) is 9.61. The highest BCUT2D eigenvalue weighted by molar-refractivity contribution is 14.1. The summed E-state index contributed by atoms with van der Waals surface area (Å²) in [5.74, 6) is -2.82. The summed E-state index contributed by atoms with van der Waals surface area (Å²) in [6, 6.07) is 16.1. The van der Waals surface area contributed by atoms with Gasteiger partial charge in [0.25, 0.3) is 0 Å². The third-order valence-electron chi connectivity index (χ3n) is 13.5. The second kappa shape index (κ2) is 26.2. The van der Waals surface area contributed by atoms with Crippen molar-refractivity contribution in [3.05, 3.63) is 93.2 Å². The van der Waals surface area contributed by atoms with Gasteiger partial charge in [0.05, 0.1) is 56.2 Å². The van der Waals surface area contributed by atoms with Gasteiger partial charge in [0.15, 0.2) is 12.1 Å². The number of carbonyl (C=O) groups excluding carboxylic acids is 2. The summed E-state index contributed by atoms with van der Waals surface area (Å²) in [6.45, 7) is 17.8. The first-order chi connectivity index (χ1) is 31.7. The minimum absolute atomic E-state index is 0. The molecule has 378 valence electrons. The Labute approximate surface area is 419 Å². The number of aliphatic hydroxyl groups excluding tert-OH is 4. The predicted octanol–water partition coefficient (Wildman–Crippen LogP) is 7.20. The molecule has 0 saturated carbocycles. The van der Waals surface area contributed by atoms with Gasteiger partial charge in [-0.05, 0) is 117 Å². The van der Waals surface area contributed by atoms with E-state index in [-0.39, 0.29) is 31.7 Å². The van der Waals surface area contributed by atoms with Crippen molar-refractivity contribution in [3.63, 3.8) is 0 Å². The number of carbonyl (C=O) groups is 2. The summed E-state index contributed by atoms with van der Waals surface area (Å²) in [7, 11) is 3.54. The lowest BCUT2D eigenvalue weighted by atomic mass is 9.79. The highest BCUT2D eigenvalue weighted by Gasteiger charge is 2.47. The van der Waals surface area contributed by atoms with E-state index in [0.29, 0.717) is 45.4 Å². The highest BCUT2D eigenvalue weighted by Crippen LogP contribution is 2.35. The Bertz CT molecular complexity index is 2090. The summed E-state index contributed by atoms with van der Waals surface area (Å²) < 4.78 is 22.0. The van der Waals surface area contributed by atoms with E-state index in [1.807, 2.05) is 44.6 Å². The molecule has 0 spiro atoms. The van der Waals surface area contributed by atoms with E-state index in [4.69, 9.17) is 14.2 Å². The van der Waals surface area contributed by atoms with Crippen LogP contribution in [0.15, 0.2) is 78.5 Å². The Morgan fingerprint density at radius 2 is 1.63 bits per heavy atom. The Balaban J connectivity index is 0.0000101. The van der Waals surface area contributed by atoms with Crippen LogP contribution >= 0.6 is 22.6 Å². The van der Waals surface area contributed by atoms with Crippen molar-refractivity contribution < 1.29 is 44.2 Å². The van der Waals surface area contributed by atoms with Gasteiger partial charge in [-0.1, -0.05) is 108 Å². The summed E-state index contributed by atoms with van der Waals surface area (Å²) >= 11 is 2.30. The van der Waals surface area contributed by atoms with Crippen LogP contribution < -0.4 is 0 Å². The summed E-state index contributed by atoms with van der Waals surface area (Å²) in [4.78, 5) is 31.7. The van der Waals surface area contributed by atoms with Crippen molar-refractivity contribution in [1.29, 1.82) is 0 Å². The van der Waals surface area contributed by atoms with E-state index in [9.17, 15) is 30.0 Å². The lowest BCUT2D eigenvalue weighted by molar-refractivity contribution is -0.304. The minimum Gasteiger partial charge on any atom is -0.462 e. The first-order valence-corrected chi connectivity index (χ1v) is 25.0. The van der Waals surface area contributed by atoms with Gasteiger partial charge in [-0.25, -0.2) is 0 Å². The Morgan fingerprint density at radius 3 is 2.25 bits per heavy atom. The number of allylic oxidation sites excluding steroid dienone is 3. The molecule has 3 heterocycles. The molecule has 4 N–H and O–H groups in total. The molecule has 1 saturated heterocycles. The minimum atomic E-state index is -1.27. The van der Waals surface area contributed by atoms with Crippen molar-refractivity contribution in [1.82, 2.24) is 24.8 Å². The second-order valence-corrected chi connectivity index (χ2v) is 21.3. The molecule has 5 rings (SSSR count). The molecule has 12 atom stereocenters. The molecule has 0 aliphatic carbocycles. The van der Waals surface area contributed by atoms with Gasteiger partial charge in [0, 0.05) is 40.0 Å². The third kappa shape index (κ3) is 15.8. The SMILES string of the molecule is C.CC[C@H]1OC(=O)C[C@@H](O)[C@H](C)[C@@H](O[C@@H]2O[C@H](C)[C@@H](O)C(N(C)C)C2O)[C@@H](CCN(CCn2cc(-c3ccc(C(C)(C)C)cc3)nn2)Cc2ccc(I)cc2)C[C@@H](C)C(=O)/C=C/C(C)=C/[C@@H]1CO. The van der Waals surface area contributed by atoms with Gasteiger partial charge < -0.3 is 39.5 Å². The number of rotatable bonds is 14. The molecule has 0 bridgehead atoms. The molecule has 14 nitrogen and oxygen atoms in total. The van der Waals surface area contributed by atoms with E-state index < -0.39 is 78.6 Å².